The zero-order valence-electron chi connectivity index (χ0n) is 11.8. The highest BCUT2D eigenvalue weighted by Gasteiger charge is 2.14. The summed E-state index contributed by atoms with van der Waals surface area (Å²) in [4.78, 5) is 14.7. The molecule has 0 aromatic carbocycles. The van der Waals surface area contributed by atoms with Gasteiger partial charge in [0.1, 0.15) is 16.3 Å². The van der Waals surface area contributed by atoms with E-state index >= 15 is 0 Å². The molecule has 0 saturated heterocycles. The number of methoxy groups -OCH3 is 1. The lowest BCUT2D eigenvalue weighted by Crippen LogP contribution is -2.06. The molecule has 0 saturated carbocycles. The molecule has 0 amide bonds. The molecule has 3 aromatic rings. The maximum absolute atomic E-state index is 5.89. The summed E-state index contributed by atoms with van der Waals surface area (Å²) in [5, 5.41) is 1.03. The van der Waals surface area contributed by atoms with Crippen molar-refractivity contribution in [1.29, 1.82) is 0 Å². The van der Waals surface area contributed by atoms with Crippen molar-refractivity contribution in [2.24, 2.45) is 0 Å². The molecule has 0 aliphatic rings. The van der Waals surface area contributed by atoms with Gasteiger partial charge >= 0.3 is 0 Å². The second-order valence-electron chi connectivity index (χ2n) is 4.61. The lowest BCUT2D eigenvalue weighted by Gasteiger charge is -2.06. The number of pyridine rings is 1. The van der Waals surface area contributed by atoms with Crippen LogP contribution in [-0.2, 0) is 13.0 Å². The minimum atomic E-state index is 0.525. The van der Waals surface area contributed by atoms with Crippen LogP contribution in [0.1, 0.15) is 15.7 Å². The van der Waals surface area contributed by atoms with Crippen LogP contribution in [0.2, 0.25) is 0 Å². The minimum absolute atomic E-state index is 0.525. The standard InChI is InChI=1S/C14H15ClN4OS/c1-9-7-16-13(21-9)8-19-11(5-6-15)17-10-3-4-12(20-2)18-14(10)19/h3-4,7H,5-6,8H2,1-2H3. The van der Waals surface area contributed by atoms with Gasteiger partial charge in [-0.1, -0.05) is 0 Å². The molecule has 7 heteroatoms. The molecule has 3 rings (SSSR count). The highest BCUT2D eigenvalue weighted by Crippen LogP contribution is 2.21. The Morgan fingerprint density at radius 1 is 1.33 bits per heavy atom. The van der Waals surface area contributed by atoms with E-state index in [0.717, 1.165) is 22.0 Å². The number of alkyl halides is 1. The van der Waals surface area contributed by atoms with E-state index in [-0.39, 0.29) is 0 Å². The van der Waals surface area contributed by atoms with Crippen LogP contribution in [0.15, 0.2) is 18.3 Å². The summed E-state index contributed by atoms with van der Waals surface area (Å²) in [6.07, 6.45) is 2.58. The zero-order chi connectivity index (χ0) is 14.8. The van der Waals surface area contributed by atoms with Crippen LogP contribution in [0, 0.1) is 6.92 Å². The summed E-state index contributed by atoms with van der Waals surface area (Å²) >= 11 is 7.57. The Balaban J connectivity index is 2.09. The predicted octanol–water partition coefficient (Wildman–Crippen LogP) is 3.03. The molecule has 3 aromatic heterocycles. The molecule has 0 bridgehead atoms. The van der Waals surface area contributed by atoms with Crippen molar-refractivity contribution in [3.63, 3.8) is 0 Å². The van der Waals surface area contributed by atoms with Crippen LogP contribution >= 0.6 is 22.9 Å². The molecule has 0 spiro atoms. The Hall–Kier alpha value is -1.66. The minimum Gasteiger partial charge on any atom is -0.481 e. The van der Waals surface area contributed by atoms with E-state index in [4.69, 9.17) is 16.3 Å². The molecule has 21 heavy (non-hydrogen) atoms. The molecule has 0 radical (unpaired) electrons. The number of aryl methyl sites for hydroxylation is 2. The molecule has 0 aliphatic carbocycles. The fourth-order valence-corrected chi connectivity index (χ4v) is 3.14. The zero-order valence-corrected chi connectivity index (χ0v) is 13.4. The number of thiazole rings is 1. The quantitative estimate of drug-likeness (QED) is 0.677. The van der Waals surface area contributed by atoms with Gasteiger partial charge in [0.2, 0.25) is 5.88 Å². The Bertz CT molecular complexity index is 768. The van der Waals surface area contributed by atoms with Gasteiger partial charge in [0.05, 0.1) is 13.7 Å². The average Bonchev–Trinajstić information content (AvgIpc) is 3.04. The maximum atomic E-state index is 5.89. The Morgan fingerprint density at radius 2 is 2.19 bits per heavy atom. The first-order valence-corrected chi connectivity index (χ1v) is 7.94. The number of halogens is 1. The number of hydrogen-bond acceptors (Lipinski definition) is 5. The fourth-order valence-electron chi connectivity index (χ4n) is 2.20. The number of ether oxygens (including phenoxy) is 1. The molecule has 0 atom stereocenters. The number of aromatic nitrogens is 4. The second-order valence-corrected chi connectivity index (χ2v) is 6.31. The van der Waals surface area contributed by atoms with Gasteiger partial charge in [-0.25, -0.2) is 9.97 Å². The lowest BCUT2D eigenvalue weighted by atomic mass is 10.4. The first-order valence-electron chi connectivity index (χ1n) is 6.58. The number of hydrogen-bond donors (Lipinski definition) is 0. The molecular weight excluding hydrogens is 308 g/mol. The second kappa shape index (κ2) is 5.99. The lowest BCUT2D eigenvalue weighted by molar-refractivity contribution is 0.399. The Labute approximate surface area is 131 Å². The summed E-state index contributed by atoms with van der Waals surface area (Å²) in [6, 6.07) is 3.74. The van der Waals surface area contributed by atoms with Gasteiger partial charge in [-0.2, -0.15) is 4.98 Å². The summed E-state index contributed by atoms with van der Waals surface area (Å²) in [6.45, 7) is 2.70. The van der Waals surface area contributed by atoms with Crippen molar-refractivity contribution < 1.29 is 4.74 Å². The molecule has 5 nitrogen and oxygen atoms in total. The van der Waals surface area contributed by atoms with Gasteiger partial charge in [-0.15, -0.1) is 22.9 Å². The fraction of sp³-hybridized carbons (Fsp3) is 0.357. The molecule has 3 heterocycles. The third kappa shape index (κ3) is 2.87. The van der Waals surface area contributed by atoms with E-state index < -0.39 is 0 Å². The SMILES string of the molecule is COc1ccc2nc(CCCl)n(Cc3ncc(C)s3)c2n1. The van der Waals surface area contributed by atoms with Gasteiger partial charge in [0.25, 0.3) is 0 Å². The maximum Gasteiger partial charge on any atom is 0.215 e. The van der Waals surface area contributed by atoms with E-state index in [0.29, 0.717) is 24.7 Å². The highest BCUT2D eigenvalue weighted by atomic mass is 35.5. The molecule has 0 N–H and O–H groups in total. The largest absolute Gasteiger partial charge is 0.481 e. The third-order valence-electron chi connectivity index (χ3n) is 3.14. The van der Waals surface area contributed by atoms with E-state index in [1.54, 1.807) is 18.4 Å². The highest BCUT2D eigenvalue weighted by molar-refractivity contribution is 7.11. The smallest absolute Gasteiger partial charge is 0.215 e. The Kier molecular flexibility index (Phi) is 4.07. The van der Waals surface area contributed by atoms with E-state index in [1.807, 2.05) is 25.3 Å². The van der Waals surface area contributed by atoms with Crippen LogP contribution in [-0.4, -0.2) is 32.5 Å². The summed E-state index contributed by atoms with van der Waals surface area (Å²) in [5.74, 6) is 2.03. The molecule has 0 fully saturated rings. The van der Waals surface area contributed by atoms with E-state index in [1.165, 1.54) is 4.88 Å². The molecular formula is C14H15ClN4OS. The predicted molar refractivity (Wildman–Crippen MR) is 84.5 cm³/mol. The van der Waals surface area contributed by atoms with Gasteiger partial charge in [0, 0.05) is 29.4 Å². The first kappa shape index (κ1) is 14.3. The van der Waals surface area contributed by atoms with Crippen LogP contribution in [0.4, 0.5) is 0 Å². The van der Waals surface area contributed by atoms with Gasteiger partial charge in [-0.3, -0.25) is 0 Å². The Morgan fingerprint density at radius 3 is 2.86 bits per heavy atom. The topological polar surface area (TPSA) is 52.8 Å². The normalized spacial score (nSPS) is 11.2. The van der Waals surface area contributed by atoms with E-state index in [9.17, 15) is 0 Å². The van der Waals surface area contributed by atoms with Gasteiger partial charge in [-0.05, 0) is 13.0 Å². The number of fused-ring (bicyclic) bond motifs is 1. The van der Waals surface area contributed by atoms with Crippen molar-refractivity contribution in [3.8, 4) is 5.88 Å². The number of rotatable bonds is 5. The summed E-state index contributed by atoms with van der Waals surface area (Å²) < 4.78 is 7.28. The van der Waals surface area contributed by atoms with E-state index in [2.05, 4.69) is 19.5 Å². The van der Waals surface area contributed by atoms with Crippen LogP contribution in [0.25, 0.3) is 11.2 Å². The van der Waals surface area contributed by atoms with Gasteiger partial charge < -0.3 is 9.30 Å². The number of nitrogens with zero attached hydrogens (tertiary/aromatic N) is 4. The van der Waals surface area contributed by atoms with Crippen LogP contribution < -0.4 is 4.74 Å². The average molecular weight is 323 g/mol. The van der Waals surface area contributed by atoms with Crippen LogP contribution in [0.5, 0.6) is 5.88 Å². The van der Waals surface area contributed by atoms with Crippen molar-refractivity contribution in [2.45, 2.75) is 19.9 Å². The monoisotopic (exact) mass is 322 g/mol. The summed E-state index contributed by atoms with van der Waals surface area (Å²) in [7, 11) is 1.61. The van der Waals surface area contributed by atoms with Gasteiger partial charge in [0.15, 0.2) is 5.65 Å². The summed E-state index contributed by atoms with van der Waals surface area (Å²) in [5.41, 5.74) is 1.66. The number of imidazole rings is 1. The van der Waals surface area contributed by atoms with Crippen LogP contribution in [0.3, 0.4) is 0 Å². The molecule has 0 aliphatic heterocycles. The van der Waals surface area contributed by atoms with Crippen molar-refractivity contribution >= 4 is 34.1 Å². The van der Waals surface area contributed by atoms with Crippen molar-refractivity contribution in [1.82, 2.24) is 19.5 Å². The third-order valence-corrected chi connectivity index (χ3v) is 4.22. The first-order chi connectivity index (χ1) is 10.2. The molecule has 110 valence electrons. The molecule has 0 unspecified atom stereocenters. The van der Waals surface area contributed by atoms with Crippen molar-refractivity contribution in [2.75, 3.05) is 13.0 Å². The van der Waals surface area contributed by atoms with Crippen molar-refractivity contribution in [3.05, 3.63) is 34.0 Å².